The molecule has 4 aromatic rings. The lowest BCUT2D eigenvalue weighted by Crippen LogP contribution is -2.67. The molecule has 6 nitrogen and oxygen atoms in total. The zero-order chi connectivity index (χ0) is 36.4. The van der Waals surface area contributed by atoms with Crippen LogP contribution in [0.15, 0.2) is 133 Å². The third-order valence-electron chi connectivity index (χ3n) is 10.6. The number of ether oxygens (including phenoxy) is 5. The average molecular weight is 721 g/mol. The van der Waals surface area contributed by atoms with Crippen molar-refractivity contribution in [3.63, 3.8) is 0 Å². The van der Waals surface area contributed by atoms with Crippen molar-refractivity contribution in [1.82, 2.24) is 0 Å². The molecule has 4 aromatic carbocycles. The second-order valence-electron chi connectivity index (χ2n) is 15.3. The monoisotopic (exact) mass is 720 g/mol. The molecule has 0 radical (unpaired) electrons. The first-order valence-corrected chi connectivity index (χ1v) is 20.7. The van der Waals surface area contributed by atoms with E-state index in [1.54, 1.807) is 7.11 Å². The first-order valence-electron chi connectivity index (χ1n) is 18.8. The molecular weight excluding hydrogens is 665 g/mol. The Labute approximate surface area is 312 Å². The molecule has 6 rings (SSSR count). The molecule has 0 aliphatic carbocycles. The van der Waals surface area contributed by atoms with Crippen LogP contribution >= 0.6 is 0 Å². The molecule has 0 N–H and O–H groups in total. The Kier molecular flexibility index (Phi) is 13.0. The van der Waals surface area contributed by atoms with Gasteiger partial charge in [-0.25, -0.2) is 0 Å². The van der Waals surface area contributed by atoms with Gasteiger partial charge in [0, 0.05) is 25.9 Å². The van der Waals surface area contributed by atoms with Crippen LogP contribution in [-0.2, 0) is 41.3 Å². The van der Waals surface area contributed by atoms with E-state index in [1.807, 2.05) is 36.4 Å². The van der Waals surface area contributed by atoms with Gasteiger partial charge < -0.3 is 28.1 Å². The fraction of sp³-hybridized carbons (Fsp3) is 0.422. The number of hydrogen-bond acceptors (Lipinski definition) is 6. The highest BCUT2D eigenvalue weighted by Gasteiger charge is 2.52. The molecule has 1 saturated heterocycles. The van der Waals surface area contributed by atoms with Gasteiger partial charge in [-0.2, -0.15) is 0 Å². The number of hydrogen-bond donors (Lipinski definition) is 0. The lowest BCUT2D eigenvalue weighted by Gasteiger charge is -2.49. The fourth-order valence-electron chi connectivity index (χ4n) is 7.71. The van der Waals surface area contributed by atoms with Crippen LogP contribution in [0.1, 0.15) is 58.1 Å². The average Bonchev–Trinajstić information content (AvgIpc) is 3.17. The Bertz CT molecular complexity index is 1620. The second-order valence-corrected chi connectivity index (χ2v) is 19.6. The van der Waals surface area contributed by atoms with Crippen LogP contribution in [0.25, 0.3) is 0 Å². The summed E-state index contributed by atoms with van der Waals surface area (Å²) in [6, 6.07) is 42.1. The Morgan fingerprint density at radius 1 is 0.750 bits per heavy atom. The lowest BCUT2D eigenvalue weighted by molar-refractivity contribution is -0.305. The maximum absolute atomic E-state index is 7.36. The summed E-state index contributed by atoms with van der Waals surface area (Å²) in [5, 5.41) is 2.34. The van der Waals surface area contributed by atoms with E-state index in [2.05, 4.69) is 125 Å². The first-order chi connectivity index (χ1) is 25.2. The summed E-state index contributed by atoms with van der Waals surface area (Å²) < 4.78 is 40.2. The third-order valence-corrected chi connectivity index (χ3v) is 15.6. The van der Waals surface area contributed by atoms with Gasteiger partial charge in [0.1, 0.15) is 6.10 Å². The van der Waals surface area contributed by atoms with E-state index in [9.17, 15) is 0 Å². The molecule has 1 spiro atoms. The summed E-state index contributed by atoms with van der Waals surface area (Å²) in [6.45, 7) is 11.0. The van der Waals surface area contributed by atoms with Crippen LogP contribution in [0.4, 0.5) is 0 Å². The van der Waals surface area contributed by atoms with E-state index in [0.29, 0.717) is 39.3 Å². The molecule has 1 fully saturated rings. The van der Waals surface area contributed by atoms with Gasteiger partial charge in [0.05, 0.1) is 44.7 Å². The molecule has 0 saturated carbocycles. The minimum Gasteiger partial charge on any atom is -0.405 e. The minimum atomic E-state index is -2.78. The van der Waals surface area contributed by atoms with Gasteiger partial charge in [-0.15, -0.1) is 0 Å². The standard InChI is InChI=1S/C45H56O6Si/c1-35-26-28-45(50-42(35)30-38(48-32-37-20-12-7-13-21-37)33-47-31-36-18-10-6-11-19-36)29-27-41(46-5)43(51-45)34-49-52(44(2,3)4,39-22-14-8-15-23-39)40-24-16-9-17-25-40/h6-26,28,35,38,41-43H,27,29-34H2,1-5H3/t35-,38+,41-,42+,43+,45-/m0/s1. The van der Waals surface area contributed by atoms with Crippen LogP contribution < -0.4 is 10.4 Å². The first kappa shape index (κ1) is 38.3. The molecule has 7 heteroatoms. The van der Waals surface area contributed by atoms with E-state index in [-0.39, 0.29) is 35.4 Å². The Morgan fingerprint density at radius 3 is 1.85 bits per heavy atom. The highest BCUT2D eigenvalue weighted by molar-refractivity contribution is 6.99. The van der Waals surface area contributed by atoms with Crippen molar-refractivity contribution in [1.29, 1.82) is 0 Å². The Balaban J connectivity index is 1.19. The summed E-state index contributed by atoms with van der Waals surface area (Å²) in [4.78, 5) is 0. The quantitative estimate of drug-likeness (QED) is 0.0912. The SMILES string of the molecule is CO[C@H]1CC[C@]2(C=C[C@H](C)[C@@H](C[C@H](COCc3ccccc3)OCc3ccccc3)O2)O[C@@H]1CO[Si](c1ccccc1)(c1ccccc1)C(C)(C)C. The molecule has 6 atom stereocenters. The van der Waals surface area contributed by atoms with Gasteiger partial charge in [0.2, 0.25) is 0 Å². The summed E-state index contributed by atoms with van der Waals surface area (Å²) >= 11 is 0. The second kappa shape index (κ2) is 17.6. The number of methoxy groups -OCH3 is 1. The van der Waals surface area contributed by atoms with E-state index in [1.165, 1.54) is 10.4 Å². The van der Waals surface area contributed by atoms with Gasteiger partial charge in [0.15, 0.2) is 5.79 Å². The fourth-order valence-corrected chi connectivity index (χ4v) is 12.3. The smallest absolute Gasteiger partial charge is 0.261 e. The molecular formula is C45H56O6Si. The predicted molar refractivity (Wildman–Crippen MR) is 210 cm³/mol. The van der Waals surface area contributed by atoms with Crippen molar-refractivity contribution in [2.75, 3.05) is 20.3 Å². The molecule has 2 aliphatic rings. The zero-order valence-corrected chi connectivity index (χ0v) is 32.5. The molecule has 0 aromatic heterocycles. The van der Waals surface area contributed by atoms with Crippen molar-refractivity contribution in [3.8, 4) is 0 Å². The third kappa shape index (κ3) is 9.20. The van der Waals surface area contributed by atoms with Crippen molar-refractivity contribution in [2.45, 2.75) is 95.4 Å². The maximum atomic E-state index is 7.36. The van der Waals surface area contributed by atoms with Crippen LogP contribution in [0.2, 0.25) is 5.04 Å². The number of benzene rings is 4. The van der Waals surface area contributed by atoms with Crippen LogP contribution in [0.5, 0.6) is 0 Å². The Hall–Kier alpha value is -3.40. The van der Waals surface area contributed by atoms with E-state index in [0.717, 1.165) is 17.5 Å². The van der Waals surface area contributed by atoms with Gasteiger partial charge in [-0.05, 0) is 39.0 Å². The molecule has 0 amide bonds. The van der Waals surface area contributed by atoms with Gasteiger partial charge in [-0.3, -0.25) is 0 Å². The normalized spacial score (nSPS) is 24.2. The van der Waals surface area contributed by atoms with Crippen LogP contribution in [0.3, 0.4) is 0 Å². The van der Waals surface area contributed by atoms with Gasteiger partial charge >= 0.3 is 0 Å². The summed E-state index contributed by atoms with van der Waals surface area (Å²) in [6.07, 6.45) is 5.82. The molecule has 2 aliphatic heterocycles. The summed E-state index contributed by atoms with van der Waals surface area (Å²) in [5.41, 5.74) is 2.28. The number of rotatable bonds is 15. The van der Waals surface area contributed by atoms with Crippen LogP contribution in [0, 0.1) is 5.92 Å². The van der Waals surface area contributed by atoms with E-state index in [4.69, 9.17) is 28.1 Å². The van der Waals surface area contributed by atoms with Crippen molar-refractivity contribution >= 4 is 18.7 Å². The van der Waals surface area contributed by atoms with Crippen LogP contribution in [-0.4, -0.2) is 58.8 Å². The van der Waals surface area contributed by atoms with Crippen molar-refractivity contribution < 1.29 is 28.1 Å². The molecule has 276 valence electrons. The maximum Gasteiger partial charge on any atom is 0.261 e. The van der Waals surface area contributed by atoms with Crippen molar-refractivity contribution in [2.24, 2.45) is 5.92 Å². The summed E-state index contributed by atoms with van der Waals surface area (Å²) in [7, 11) is -1.01. The zero-order valence-electron chi connectivity index (χ0n) is 31.5. The summed E-state index contributed by atoms with van der Waals surface area (Å²) in [5.74, 6) is -0.696. The lowest BCUT2D eigenvalue weighted by atomic mass is 9.90. The van der Waals surface area contributed by atoms with Crippen molar-refractivity contribution in [3.05, 3.63) is 145 Å². The highest BCUT2D eigenvalue weighted by Crippen LogP contribution is 2.41. The molecule has 52 heavy (non-hydrogen) atoms. The molecule has 0 unspecified atom stereocenters. The van der Waals surface area contributed by atoms with E-state index >= 15 is 0 Å². The highest BCUT2D eigenvalue weighted by atomic mass is 28.4. The topological polar surface area (TPSA) is 55.4 Å². The largest absolute Gasteiger partial charge is 0.405 e. The Morgan fingerprint density at radius 2 is 1.29 bits per heavy atom. The molecule has 0 bridgehead atoms. The molecule has 2 heterocycles. The van der Waals surface area contributed by atoms with Gasteiger partial charge in [0.25, 0.3) is 8.32 Å². The van der Waals surface area contributed by atoms with E-state index < -0.39 is 14.1 Å². The van der Waals surface area contributed by atoms with Gasteiger partial charge in [-0.1, -0.05) is 155 Å². The minimum absolute atomic E-state index is 0.119. The predicted octanol–water partition coefficient (Wildman–Crippen LogP) is 8.24.